The fraction of sp³-hybridized carbons (Fsp3) is 0.267. The monoisotopic (exact) mass is 286 g/mol. The number of nitrogens with one attached hydrogen (secondary N) is 2. The van der Waals surface area contributed by atoms with Crippen LogP contribution in [-0.4, -0.2) is 22.9 Å². The number of rotatable bonds is 5. The molecule has 6 nitrogen and oxygen atoms in total. The van der Waals surface area contributed by atoms with Crippen molar-refractivity contribution in [2.45, 2.75) is 20.4 Å². The van der Waals surface area contributed by atoms with Gasteiger partial charge in [-0.05, 0) is 31.5 Å². The fourth-order valence-electron chi connectivity index (χ4n) is 1.78. The number of benzene rings is 1. The third-order valence-corrected chi connectivity index (χ3v) is 2.73. The minimum absolute atomic E-state index is 0.315. The van der Waals surface area contributed by atoms with Crippen molar-refractivity contribution in [2.24, 2.45) is 0 Å². The molecule has 21 heavy (non-hydrogen) atoms. The first-order chi connectivity index (χ1) is 10.2. The van der Waals surface area contributed by atoms with E-state index in [1.165, 1.54) is 11.1 Å². The topological polar surface area (TPSA) is 76.1 Å². The second-order valence-corrected chi connectivity index (χ2v) is 4.49. The number of aryl methyl sites for hydroxylation is 1. The zero-order valence-corrected chi connectivity index (χ0v) is 12.1. The number of amides is 1. The van der Waals surface area contributed by atoms with Crippen molar-refractivity contribution in [3.8, 4) is 0 Å². The summed E-state index contributed by atoms with van der Waals surface area (Å²) in [6.45, 7) is 4.78. The minimum Gasteiger partial charge on any atom is -0.450 e. The number of aromatic nitrogens is 2. The molecular weight excluding hydrogens is 268 g/mol. The lowest BCUT2D eigenvalue weighted by molar-refractivity contribution is 0.168. The fourth-order valence-corrected chi connectivity index (χ4v) is 1.78. The Kier molecular flexibility index (Phi) is 5.09. The first-order valence-electron chi connectivity index (χ1n) is 6.74. The lowest BCUT2D eigenvalue weighted by Gasteiger charge is -2.07. The molecule has 2 rings (SSSR count). The molecule has 6 heteroatoms. The highest BCUT2D eigenvalue weighted by Gasteiger charge is 2.03. The molecule has 2 N–H and O–H groups in total. The van der Waals surface area contributed by atoms with E-state index in [9.17, 15) is 4.79 Å². The summed E-state index contributed by atoms with van der Waals surface area (Å²) in [7, 11) is 0. The normalized spacial score (nSPS) is 10.0. The zero-order chi connectivity index (χ0) is 15.1. The molecule has 0 saturated heterocycles. The number of hydrogen-bond donors (Lipinski definition) is 2. The molecule has 0 unspecified atom stereocenters. The summed E-state index contributed by atoms with van der Waals surface area (Å²) in [4.78, 5) is 11.2. The van der Waals surface area contributed by atoms with Crippen molar-refractivity contribution >= 4 is 17.7 Å². The third kappa shape index (κ3) is 4.76. The summed E-state index contributed by atoms with van der Waals surface area (Å²) in [6, 6.07) is 11.7. The van der Waals surface area contributed by atoms with E-state index in [2.05, 4.69) is 39.9 Å². The summed E-state index contributed by atoms with van der Waals surface area (Å²) in [5.74, 6) is 1.00. The van der Waals surface area contributed by atoms with E-state index in [1.54, 1.807) is 19.1 Å². The molecule has 1 amide bonds. The van der Waals surface area contributed by atoms with Gasteiger partial charge in [0.1, 0.15) is 5.82 Å². The molecule has 0 aliphatic carbocycles. The van der Waals surface area contributed by atoms with Crippen molar-refractivity contribution < 1.29 is 9.53 Å². The predicted octanol–water partition coefficient (Wildman–Crippen LogP) is 2.97. The number of carbonyl (C=O) groups excluding carboxylic acids is 1. The highest BCUT2D eigenvalue weighted by Crippen LogP contribution is 2.09. The van der Waals surface area contributed by atoms with Gasteiger partial charge in [-0.2, -0.15) is 0 Å². The van der Waals surface area contributed by atoms with Crippen molar-refractivity contribution in [3.63, 3.8) is 0 Å². The second kappa shape index (κ2) is 7.23. The Morgan fingerprint density at radius 3 is 2.62 bits per heavy atom. The van der Waals surface area contributed by atoms with Crippen molar-refractivity contribution in [3.05, 3.63) is 47.5 Å². The van der Waals surface area contributed by atoms with Crippen molar-refractivity contribution in [1.82, 2.24) is 10.2 Å². The van der Waals surface area contributed by atoms with Gasteiger partial charge in [-0.3, -0.25) is 5.32 Å². The minimum atomic E-state index is -0.535. The Balaban J connectivity index is 1.89. The van der Waals surface area contributed by atoms with Gasteiger partial charge in [0.2, 0.25) is 0 Å². The average molecular weight is 286 g/mol. The zero-order valence-electron chi connectivity index (χ0n) is 12.1. The molecule has 0 saturated carbocycles. The highest BCUT2D eigenvalue weighted by atomic mass is 16.5. The van der Waals surface area contributed by atoms with E-state index in [-0.39, 0.29) is 0 Å². The average Bonchev–Trinajstić information content (AvgIpc) is 2.47. The summed E-state index contributed by atoms with van der Waals surface area (Å²) >= 11 is 0. The highest BCUT2D eigenvalue weighted by molar-refractivity contribution is 5.83. The predicted molar refractivity (Wildman–Crippen MR) is 81.2 cm³/mol. The molecule has 0 fully saturated rings. The molecule has 0 atom stereocenters. The van der Waals surface area contributed by atoms with Crippen LogP contribution in [0.3, 0.4) is 0 Å². The van der Waals surface area contributed by atoms with Gasteiger partial charge < -0.3 is 10.1 Å². The van der Waals surface area contributed by atoms with Crippen LogP contribution in [0, 0.1) is 6.92 Å². The van der Waals surface area contributed by atoms with Gasteiger partial charge in [-0.15, -0.1) is 10.2 Å². The van der Waals surface area contributed by atoms with Crippen molar-refractivity contribution in [1.29, 1.82) is 0 Å². The lowest BCUT2D eigenvalue weighted by atomic mass is 10.1. The van der Waals surface area contributed by atoms with Crippen LogP contribution in [0.2, 0.25) is 0 Å². The number of nitrogens with zero attached hydrogens (tertiary/aromatic N) is 2. The van der Waals surface area contributed by atoms with E-state index < -0.39 is 6.09 Å². The van der Waals surface area contributed by atoms with Gasteiger partial charge in [0, 0.05) is 6.54 Å². The molecule has 1 aromatic carbocycles. The smallest absolute Gasteiger partial charge is 0.412 e. The standard InChI is InChI=1S/C15H18N4O2/c1-3-21-15(20)17-14-8-7-13(18-19-14)16-10-12-6-4-5-11(2)9-12/h4-9H,3,10H2,1-2H3,(H,16,18)(H,17,19,20). The molecule has 0 aliphatic rings. The van der Waals surface area contributed by atoms with E-state index >= 15 is 0 Å². The molecule has 1 aromatic heterocycles. The van der Waals surface area contributed by atoms with E-state index in [0.29, 0.717) is 24.8 Å². The number of hydrogen-bond acceptors (Lipinski definition) is 5. The van der Waals surface area contributed by atoms with Gasteiger partial charge in [0.25, 0.3) is 0 Å². The van der Waals surface area contributed by atoms with Crippen LogP contribution in [0.5, 0.6) is 0 Å². The number of ether oxygens (including phenoxy) is 1. The number of carbonyl (C=O) groups is 1. The maximum Gasteiger partial charge on any atom is 0.412 e. The van der Waals surface area contributed by atoms with Gasteiger partial charge in [-0.25, -0.2) is 4.79 Å². The molecule has 1 heterocycles. The van der Waals surface area contributed by atoms with Crippen LogP contribution in [0.1, 0.15) is 18.1 Å². The Morgan fingerprint density at radius 1 is 1.19 bits per heavy atom. The summed E-state index contributed by atoms with van der Waals surface area (Å²) < 4.78 is 4.76. The first kappa shape index (κ1) is 14.8. The van der Waals surface area contributed by atoms with Crippen LogP contribution < -0.4 is 10.6 Å². The Bertz CT molecular complexity index is 599. The molecule has 0 radical (unpaired) electrons. The van der Waals surface area contributed by atoms with Gasteiger partial charge in [0.15, 0.2) is 5.82 Å². The maximum atomic E-state index is 11.2. The van der Waals surface area contributed by atoms with E-state index in [4.69, 9.17) is 4.74 Å². The lowest BCUT2D eigenvalue weighted by Crippen LogP contribution is -2.14. The van der Waals surface area contributed by atoms with Crippen molar-refractivity contribution in [2.75, 3.05) is 17.2 Å². The van der Waals surface area contributed by atoms with Crippen LogP contribution >= 0.6 is 0 Å². The van der Waals surface area contributed by atoms with Crippen LogP contribution in [0.15, 0.2) is 36.4 Å². The Hall–Kier alpha value is -2.63. The largest absolute Gasteiger partial charge is 0.450 e. The Labute approximate surface area is 123 Å². The summed E-state index contributed by atoms with van der Waals surface area (Å²) in [5.41, 5.74) is 2.39. The molecule has 0 spiro atoms. The molecular formula is C15H18N4O2. The molecule has 2 aromatic rings. The Morgan fingerprint density at radius 2 is 1.95 bits per heavy atom. The molecule has 110 valence electrons. The quantitative estimate of drug-likeness (QED) is 0.883. The maximum absolute atomic E-state index is 11.2. The SMILES string of the molecule is CCOC(=O)Nc1ccc(NCc2cccc(C)c2)nn1. The molecule has 0 bridgehead atoms. The summed E-state index contributed by atoms with van der Waals surface area (Å²) in [5, 5.41) is 13.6. The van der Waals surface area contributed by atoms with Gasteiger partial charge in [0.05, 0.1) is 6.61 Å². The van der Waals surface area contributed by atoms with Crippen LogP contribution in [-0.2, 0) is 11.3 Å². The van der Waals surface area contributed by atoms with E-state index in [1.807, 2.05) is 12.1 Å². The van der Waals surface area contributed by atoms with Crippen LogP contribution in [0.4, 0.5) is 16.4 Å². The number of anilines is 2. The third-order valence-electron chi connectivity index (χ3n) is 2.73. The second-order valence-electron chi connectivity index (χ2n) is 4.49. The first-order valence-corrected chi connectivity index (χ1v) is 6.74. The van der Waals surface area contributed by atoms with Gasteiger partial charge in [-0.1, -0.05) is 29.8 Å². The molecule has 0 aliphatic heterocycles. The van der Waals surface area contributed by atoms with E-state index in [0.717, 1.165) is 0 Å². The van der Waals surface area contributed by atoms with Crippen LogP contribution in [0.25, 0.3) is 0 Å². The summed E-state index contributed by atoms with van der Waals surface area (Å²) in [6.07, 6.45) is -0.535. The van der Waals surface area contributed by atoms with Gasteiger partial charge >= 0.3 is 6.09 Å².